The molecule has 1 aromatic heterocycles. The number of esters is 1. The minimum absolute atomic E-state index is 0.0501. The summed E-state index contributed by atoms with van der Waals surface area (Å²) in [6.45, 7) is 0.0639. The second-order valence-corrected chi connectivity index (χ2v) is 10.4. The van der Waals surface area contributed by atoms with Gasteiger partial charge in [-0.2, -0.15) is 0 Å². The summed E-state index contributed by atoms with van der Waals surface area (Å²) in [4.78, 5) is 28.2. The standard InChI is InChI=1S/C36H36N2O10/c1-41-26-10-8-9-20(33(26)45-5)19-48-28-18-25-24(17-27(28)42-2)31(21-15-29(43-3)34(46-6)30(16-21)44-4)32(36(40)47-7)38(35(25)39)23-13-11-22(37)12-14-23/h8-18H,19,37H2,1-7H3. The summed E-state index contributed by atoms with van der Waals surface area (Å²) in [7, 11) is 10.3. The SMILES string of the molecule is COC(=O)c1c(-c2cc(OC)c(OC)c(OC)c2)c2cc(OC)c(OCc3cccc(OC)c3OC)cc2c(=O)n1-c1ccc(N)cc1. The van der Waals surface area contributed by atoms with Gasteiger partial charge < -0.3 is 43.6 Å². The van der Waals surface area contributed by atoms with E-state index in [2.05, 4.69) is 0 Å². The van der Waals surface area contributed by atoms with Gasteiger partial charge in [-0.1, -0.05) is 12.1 Å². The molecule has 48 heavy (non-hydrogen) atoms. The number of pyridine rings is 1. The molecule has 0 aliphatic carbocycles. The van der Waals surface area contributed by atoms with Gasteiger partial charge in [-0.25, -0.2) is 4.79 Å². The van der Waals surface area contributed by atoms with Crippen molar-refractivity contribution in [3.8, 4) is 57.1 Å². The Morgan fingerprint density at radius 1 is 0.667 bits per heavy atom. The molecule has 4 aromatic carbocycles. The third-order valence-electron chi connectivity index (χ3n) is 7.82. The highest BCUT2D eigenvalue weighted by Crippen LogP contribution is 2.45. The monoisotopic (exact) mass is 656 g/mol. The number of aromatic nitrogens is 1. The average molecular weight is 657 g/mol. The van der Waals surface area contributed by atoms with Crippen LogP contribution in [0.2, 0.25) is 0 Å². The summed E-state index contributed by atoms with van der Waals surface area (Å²) in [6.07, 6.45) is 0. The van der Waals surface area contributed by atoms with Gasteiger partial charge in [0.1, 0.15) is 12.3 Å². The maximum atomic E-state index is 14.5. The van der Waals surface area contributed by atoms with Crippen LogP contribution in [0.4, 0.5) is 5.69 Å². The zero-order valence-corrected chi connectivity index (χ0v) is 27.7. The van der Waals surface area contributed by atoms with E-state index in [-0.39, 0.29) is 23.4 Å². The Labute approximate surface area is 277 Å². The van der Waals surface area contributed by atoms with Crippen LogP contribution in [0.25, 0.3) is 27.6 Å². The lowest BCUT2D eigenvalue weighted by Gasteiger charge is -2.22. The molecular weight excluding hydrogens is 620 g/mol. The van der Waals surface area contributed by atoms with Crippen molar-refractivity contribution in [2.75, 3.05) is 55.5 Å². The van der Waals surface area contributed by atoms with Gasteiger partial charge in [0.05, 0.1) is 55.2 Å². The molecule has 0 bridgehead atoms. The van der Waals surface area contributed by atoms with Crippen LogP contribution in [0.15, 0.2) is 71.5 Å². The minimum Gasteiger partial charge on any atom is -0.493 e. The first-order chi connectivity index (χ1) is 23.2. The number of carbonyl (C=O) groups is 1. The van der Waals surface area contributed by atoms with Crippen molar-refractivity contribution >= 4 is 22.4 Å². The smallest absolute Gasteiger partial charge is 0.355 e. The molecule has 250 valence electrons. The molecule has 2 N–H and O–H groups in total. The molecule has 5 rings (SSSR count). The molecule has 0 amide bonds. The number of nitrogens with zero attached hydrogens (tertiary/aromatic N) is 1. The molecule has 0 spiro atoms. The normalized spacial score (nSPS) is 10.7. The van der Waals surface area contributed by atoms with Gasteiger partial charge in [0.15, 0.2) is 34.5 Å². The van der Waals surface area contributed by atoms with E-state index in [1.54, 1.807) is 68.8 Å². The quantitative estimate of drug-likeness (QED) is 0.132. The predicted molar refractivity (Wildman–Crippen MR) is 181 cm³/mol. The highest BCUT2D eigenvalue weighted by Gasteiger charge is 2.28. The summed E-state index contributed by atoms with van der Waals surface area (Å²) in [5, 5.41) is 0.598. The summed E-state index contributed by atoms with van der Waals surface area (Å²) < 4.78 is 46.4. The number of para-hydroxylation sites is 1. The number of fused-ring (bicyclic) bond motifs is 1. The molecule has 1 heterocycles. The number of methoxy groups -OCH3 is 7. The van der Waals surface area contributed by atoms with Crippen molar-refractivity contribution in [2.45, 2.75) is 6.61 Å². The number of ether oxygens (including phenoxy) is 8. The Hall–Kier alpha value is -6.04. The third-order valence-corrected chi connectivity index (χ3v) is 7.82. The predicted octanol–water partition coefficient (Wildman–Crippen LogP) is 5.66. The molecule has 0 unspecified atom stereocenters. The lowest BCUT2D eigenvalue weighted by molar-refractivity contribution is 0.0591. The molecule has 0 saturated carbocycles. The molecule has 5 aromatic rings. The number of nitrogen functional groups attached to an aromatic ring is 1. The molecule has 0 atom stereocenters. The fourth-order valence-electron chi connectivity index (χ4n) is 5.58. The van der Waals surface area contributed by atoms with Gasteiger partial charge in [-0.15, -0.1) is 0 Å². The summed E-state index contributed by atoms with van der Waals surface area (Å²) in [6, 6.07) is 18.6. The van der Waals surface area contributed by atoms with E-state index < -0.39 is 11.5 Å². The van der Waals surface area contributed by atoms with Crippen LogP contribution < -0.4 is 44.5 Å². The van der Waals surface area contributed by atoms with Crippen molar-refractivity contribution in [3.05, 3.63) is 88.3 Å². The highest BCUT2D eigenvalue weighted by molar-refractivity contribution is 6.08. The Bertz CT molecular complexity index is 2010. The van der Waals surface area contributed by atoms with Gasteiger partial charge in [0, 0.05) is 27.9 Å². The Morgan fingerprint density at radius 2 is 1.27 bits per heavy atom. The average Bonchev–Trinajstić information content (AvgIpc) is 3.12. The van der Waals surface area contributed by atoms with Crippen molar-refractivity contribution in [3.63, 3.8) is 0 Å². The number of anilines is 1. The molecule has 0 aliphatic rings. The molecule has 12 nitrogen and oxygen atoms in total. The zero-order valence-electron chi connectivity index (χ0n) is 27.7. The Morgan fingerprint density at radius 3 is 1.83 bits per heavy atom. The van der Waals surface area contributed by atoms with Crippen molar-refractivity contribution < 1.29 is 42.7 Å². The van der Waals surface area contributed by atoms with E-state index >= 15 is 0 Å². The van der Waals surface area contributed by atoms with E-state index in [1.165, 1.54) is 40.1 Å². The lowest BCUT2D eigenvalue weighted by atomic mass is 9.95. The largest absolute Gasteiger partial charge is 0.493 e. The molecule has 0 saturated heterocycles. The lowest BCUT2D eigenvalue weighted by Crippen LogP contribution is -2.27. The maximum absolute atomic E-state index is 14.5. The van der Waals surface area contributed by atoms with E-state index in [0.717, 1.165) is 0 Å². The molecule has 0 radical (unpaired) electrons. The number of carbonyl (C=O) groups excluding carboxylic acids is 1. The number of hydrogen-bond donors (Lipinski definition) is 1. The topological polar surface area (TPSA) is 139 Å². The summed E-state index contributed by atoms with van der Waals surface area (Å²) in [5.41, 5.74) is 7.78. The first-order valence-electron chi connectivity index (χ1n) is 14.6. The number of hydrogen-bond acceptors (Lipinski definition) is 11. The van der Waals surface area contributed by atoms with Gasteiger partial charge in [-0.3, -0.25) is 9.36 Å². The number of rotatable bonds is 12. The molecule has 12 heteroatoms. The van der Waals surface area contributed by atoms with Crippen molar-refractivity contribution in [2.24, 2.45) is 0 Å². The third kappa shape index (κ3) is 5.95. The van der Waals surface area contributed by atoms with Crippen molar-refractivity contribution in [1.82, 2.24) is 4.57 Å². The number of benzene rings is 4. The van der Waals surface area contributed by atoms with Crippen LogP contribution >= 0.6 is 0 Å². The van der Waals surface area contributed by atoms with Gasteiger partial charge >= 0.3 is 5.97 Å². The first-order valence-corrected chi connectivity index (χ1v) is 14.6. The Balaban J connectivity index is 1.87. The van der Waals surface area contributed by atoms with E-state index in [0.29, 0.717) is 67.9 Å². The van der Waals surface area contributed by atoms with E-state index in [1.807, 2.05) is 12.1 Å². The maximum Gasteiger partial charge on any atom is 0.355 e. The van der Waals surface area contributed by atoms with Crippen molar-refractivity contribution in [1.29, 1.82) is 0 Å². The Kier molecular flexibility index (Phi) is 9.83. The highest BCUT2D eigenvalue weighted by atomic mass is 16.5. The number of nitrogens with two attached hydrogens (primary N) is 1. The van der Waals surface area contributed by atoms with Crippen LogP contribution in [0.3, 0.4) is 0 Å². The minimum atomic E-state index is -0.765. The first kappa shape index (κ1) is 33.3. The van der Waals surface area contributed by atoms with E-state index in [4.69, 9.17) is 43.6 Å². The van der Waals surface area contributed by atoms with Crippen LogP contribution in [0.1, 0.15) is 16.1 Å². The van der Waals surface area contributed by atoms with Crippen LogP contribution in [-0.2, 0) is 11.3 Å². The van der Waals surface area contributed by atoms with E-state index in [9.17, 15) is 9.59 Å². The summed E-state index contributed by atoms with van der Waals surface area (Å²) in [5.74, 6) is 1.88. The fraction of sp³-hybridized carbons (Fsp3) is 0.222. The second kappa shape index (κ2) is 14.2. The molecular formula is C36H36N2O10. The second-order valence-electron chi connectivity index (χ2n) is 10.4. The van der Waals surface area contributed by atoms with Crippen LogP contribution in [0.5, 0.6) is 40.2 Å². The zero-order chi connectivity index (χ0) is 34.5. The van der Waals surface area contributed by atoms with Gasteiger partial charge in [0.25, 0.3) is 5.56 Å². The summed E-state index contributed by atoms with van der Waals surface area (Å²) >= 11 is 0. The fourth-order valence-corrected chi connectivity index (χ4v) is 5.58. The van der Waals surface area contributed by atoms with Gasteiger partial charge in [-0.05, 0) is 60.2 Å². The molecule has 0 aliphatic heterocycles. The van der Waals surface area contributed by atoms with Crippen LogP contribution in [0, 0.1) is 0 Å². The van der Waals surface area contributed by atoms with Gasteiger partial charge in [0.2, 0.25) is 5.75 Å². The molecule has 0 fully saturated rings. The van der Waals surface area contributed by atoms with Crippen LogP contribution in [-0.4, -0.2) is 60.3 Å².